The van der Waals surface area contributed by atoms with Crippen molar-refractivity contribution in [2.75, 3.05) is 30.7 Å². The molecule has 3 aromatic rings. The number of thiophene rings is 1. The lowest BCUT2D eigenvalue weighted by molar-refractivity contribution is 0.102. The molecule has 0 saturated heterocycles. The standard InChI is InChI=1S/C22H24N3O4PS/c1-30(2,28)14-29-22(27)24-13-15-5-7-16(8-6-15)21(26)25-19-12-17(9-10-18(19)23)20-4-3-11-31-20/h3-12H,13-14,23H2,1-2H3,(H,24,27)(H,25,26). The number of hydrogen-bond donors (Lipinski definition) is 3. The predicted molar refractivity (Wildman–Crippen MR) is 126 cm³/mol. The fourth-order valence-electron chi connectivity index (χ4n) is 2.67. The molecule has 0 aliphatic heterocycles. The van der Waals surface area contributed by atoms with E-state index in [1.807, 2.05) is 29.6 Å². The molecule has 0 radical (unpaired) electrons. The molecule has 2 amide bonds. The molecule has 0 spiro atoms. The van der Waals surface area contributed by atoms with Gasteiger partial charge in [-0.3, -0.25) is 4.79 Å². The number of nitrogen functional groups attached to an aromatic ring is 1. The highest BCUT2D eigenvalue weighted by Crippen LogP contribution is 2.35. The lowest BCUT2D eigenvalue weighted by Gasteiger charge is -2.11. The number of hydrogen-bond acceptors (Lipinski definition) is 6. The van der Waals surface area contributed by atoms with Crippen molar-refractivity contribution < 1.29 is 18.9 Å². The molecule has 0 aliphatic carbocycles. The van der Waals surface area contributed by atoms with Gasteiger partial charge < -0.3 is 25.7 Å². The molecular formula is C22H24N3O4PS. The zero-order chi connectivity index (χ0) is 22.4. The van der Waals surface area contributed by atoms with Gasteiger partial charge in [0.25, 0.3) is 5.91 Å². The third-order valence-electron chi connectivity index (χ3n) is 4.27. The van der Waals surface area contributed by atoms with Crippen LogP contribution in [-0.2, 0) is 15.8 Å². The second-order valence-electron chi connectivity index (χ2n) is 7.42. The molecule has 0 unspecified atom stereocenters. The molecular weight excluding hydrogens is 433 g/mol. The van der Waals surface area contributed by atoms with Gasteiger partial charge in [-0.1, -0.05) is 24.3 Å². The predicted octanol–water partition coefficient (Wildman–Crippen LogP) is 5.06. The Morgan fingerprint density at radius 3 is 2.48 bits per heavy atom. The molecule has 9 heteroatoms. The summed E-state index contributed by atoms with van der Waals surface area (Å²) in [7, 11) is -2.42. The van der Waals surface area contributed by atoms with E-state index in [1.54, 1.807) is 55.0 Å². The minimum absolute atomic E-state index is 0.102. The van der Waals surface area contributed by atoms with Crippen LogP contribution in [0.2, 0.25) is 0 Å². The molecule has 1 heterocycles. The van der Waals surface area contributed by atoms with Gasteiger partial charge in [-0.2, -0.15) is 0 Å². The van der Waals surface area contributed by atoms with Crippen LogP contribution < -0.4 is 16.4 Å². The van der Waals surface area contributed by atoms with Gasteiger partial charge in [0.1, 0.15) is 13.5 Å². The molecule has 162 valence electrons. The number of carbonyl (C=O) groups is 2. The third kappa shape index (κ3) is 6.70. The van der Waals surface area contributed by atoms with Crippen LogP contribution in [0.15, 0.2) is 60.0 Å². The Hall–Kier alpha value is -3.09. The van der Waals surface area contributed by atoms with Crippen LogP contribution in [0.3, 0.4) is 0 Å². The topological polar surface area (TPSA) is 111 Å². The Labute approximate surface area is 185 Å². The number of benzene rings is 2. The molecule has 1 aromatic heterocycles. The summed E-state index contributed by atoms with van der Waals surface area (Å²) in [6.45, 7) is 3.33. The monoisotopic (exact) mass is 457 g/mol. The van der Waals surface area contributed by atoms with Crippen LogP contribution in [0.5, 0.6) is 0 Å². The van der Waals surface area contributed by atoms with Crippen molar-refractivity contribution in [2.45, 2.75) is 6.54 Å². The van der Waals surface area contributed by atoms with Crippen molar-refractivity contribution in [3.63, 3.8) is 0 Å². The Bertz CT molecular complexity index is 1110. The molecule has 4 N–H and O–H groups in total. The van der Waals surface area contributed by atoms with Crippen molar-refractivity contribution >= 4 is 41.9 Å². The molecule has 0 bridgehead atoms. The smallest absolute Gasteiger partial charge is 0.407 e. The quantitative estimate of drug-likeness (QED) is 0.339. The molecule has 31 heavy (non-hydrogen) atoms. The summed E-state index contributed by atoms with van der Waals surface area (Å²) in [4.78, 5) is 25.4. The maximum atomic E-state index is 12.6. The first-order valence-electron chi connectivity index (χ1n) is 9.49. The molecule has 0 aliphatic rings. The first-order valence-corrected chi connectivity index (χ1v) is 13.2. The maximum absolute atomic E-state index is 12.6. The largest absolute Gasteiger partial charge is 0.442 e. The van der Waals surface area contributed by atoms with E-state index in [2.05, 4.69) is 10.6 Å². The van der Waals surface area contributed by atoms with Crippen molar-refractivity contribution in [1.29, 1.82) is 0 Å². The average Bonchev–Trinajstić information content (AvgIpc) is 3.27. The summed E-state index contributed by atoms with van der Waals surface area (Å²) in [5.74, 6) is -0.282. The lowest BCUT2D eigenvalue weighted by Crippen LogP contribution is -2.24. The van der Waals surface area contributed by atoms with E-state index < -0.39 is 13.2 Å². The summed E-state index contributed by atoms with van der Waals surface area (Å²) < 4.78 is 16.5. The van der Waals surface area contributed by atoms with Crippen LogP contribution in [0, 0.1) is 0 Å². The minimum Gasteiger partial charge on any atom is -0.442 e. The van der Waals surface area contributed by atoms with Crippen molar-refractivity contribution in [2.24, 2.45) is 0 Å². The van der Waals surface area contributed by atoms with Gasteiger partial charge in [0.2, 0.25) is 0 Å². The molecule has 2 aromatic carbocycles. The first kappa shape index (κ1) is 22.6. The van der Waals surface area contributed by atoms with Gasteiger partial charge >= 0.3 is 6.09 Å². The van der Waals surface area contributed by atoms with Crippen LogP contribution in [-0.4, -0.2) is 31.7 Å². The van der Waals surface area contributed by atoms with Gasteiger partial charge in [-0.05, 0) is 60.2 Å². The summed E-state index contributed by atoms with van der Waals surface area (Å²) in [5.41, 5.74) is 9.30. The molecule has 3 rings (SSSR count). The first-order chi connectivity index (χ1) is 14.7. The SMILES string of the molecule is CP(C)(=O)COC(=O)NCc1ccc(C(=O)Nc2cc(-c3cccs3)ccc2N)cc1. The van der Waals surface area contributed by atoms with E-state index in [0.717, 1.165) is 16.0 Å². The van der Waals surface area contributed by atoms with Crippen LogP contribution in [0.1, 0.15) is 15.9 Å². The fourth-order valence-corrected chi connectivity index (χ4v) is 3.82. The number of anilines is 2. The zero-order valence-electron chi connectivity index (χ0n) is 17.3. The summed E-state index contributed by atoms with van der Waals surface area (Å²) in [5, 5.41) is 7.43. The van der Waals surface area contributed by atoms with Crippen molar-refractivity contribution in [3.8, 4) is 10.4 Å². The highest BCUT2D eigenvalue weighted by atomic mass is 32.1. The third-order valence-corrected chi connectivity index (χ3v) is 5.94. The second kappa shape index (κ2) is 9.81. The highest BCUT2D eigenvalue weighted by molar-refractivity contribution is 7.62. The lowest BCUT2D eigenvalue weighted by atomic mass is 10.1. The second-order valence-corrected chi connectivity index (χ2v) is 11.8. The molecule has 0 atom stereocenters. The zero-order valence-corrected chi connectivity index (χ0v) is 19.0. The molecule has 0 saturated carbocycles. The number of nitrogens with one attached hydrogen (secondary N) is 2. The fraction of sp³-hybridized carbons (Fsp3) is 0.182. The van der Waals surface area contributed by atoms with E-state index in [0.29, 0.717) is 16.9 Å². The number of carbonyl (C=O) groups excluding carboxylic acids is 2. The van der Waals surface area contributed by atoms with E-state index in [9.17, 15) is 14.2 Å². The van der Waals surface area contributed by atoms with Crippen LogP contribution >= 0.6 is 18.5 Å². The van der Waals surface area contributed by atoms with E-state index in [-0.39, 0.29) is 18.8 Å². The van der Waals surface area contributed by atoms with Crippen molar-refractivity contribution in [1.82, 2.24) is 5.32 Å². The van der Waals surface area contributed by atoms with E-state index in [1.165, 1.54) is 0 Å². The van der Waals surface area contributed by atoms with E-state index in [4.69, 9.17) is 10.5 Å². The Morgan fingerprint density at radius 1 is 1.10 bits per heavy atom. The number of rotatable bonds is 7. The van der Waals surface area contributed by atoms with Gasteiger partial charge in [0.15, 0.2) is 0 Å². The molecule has 0 fully saturated rings. The highest BCUT2D eigenvalue weighted by Gasteiger charge is 2.12. The average molecular weight is 457 g/mol. The molecule has 7 nitrogen and oxygen atoms in total. The normalized spacial score (nSPS) is 11.0. The van der Waals surface area contributed by atoms with Crippen LogP contribution in [0.25, 0.3) is 10.4 Å². The summed E-state index contributed by atoms with van der Waals surface area (Å²) in [6.07, 6.45) is -0.735. The van der Waals surface area contributed by atoms with Gasteiger partial charge in [-0.15, -0.1) is 11.3 Å². The Balaban J connectivity index is 1.59. The van der Waals surface area contributed by atoms with E-state index >= 15 is 0 Å². The summed E-state index contributed by atoms with van der Waals surface area (Å²) >= 11 is 1.61. The Kier molecular flexibility index (Phi) is 7.15. The Morgan fingerprint density at radius 2 is 1.84 bits per heavy atom. The minimum atomic E-state index is -2.42. The van der Waals surface area contributed by atoms with Crippen molar-refractivity contribution in [3.05, 3.63) is 71.1 Å². The van der Waals surface area contributed by atoms with Crippen LogP contribution in [0.4, 0.5) is 16.2 Å². The number of alkyl carbamates (subject to hydrolysis) is 1. The maximum Gasteiger partial charge on any atom is 0.407 e. The van der Waals surface area contributed by atoms with Gasteiger partial charge in [-0.25, -0.2) is 4.79 Å². The number of nitrogens with two attached hydrogens (primary N) is 1. The van der Waals surface area contributed by atoms with Gasteiger partial charge in [0.05, 0.1) is 11.4 Å². The summed E-state index contributed by atoms with van der Waals surface area (Å²) in [6, 6.07) is 16.3. The number of ether oxygens (including phenoxy) is 1. The van der Waals surface area contributed by atoms with Gasteiger partial charge in [0, 0.05) is 17.0 Å². The number of amides is 2.